The minimum absolute atomic E-state index is 0.0412. The first-order valence-electron chi connectivity index (χ1n) is 4.11. The Kier molecular flexibility index (Phi) is 6.76. The first kappa shape index (κ1) is 11.4. The molecule has 1 amide bonds. The van der Waals surface area contributed by atoms with Crippen molar-refractivity contribution in [2.24, 2.45) is 0 Å². The van der Waals surface area contributed by atoms with E-state index < -0.39 is 0 Å². The SMILES string of the molecule is CCCC(=O)NCCCC(=O)Cl. The largest absolute Gasteiger partial charge is 0.356 e. The zero-order chi connectivity index (χ0) is 9.40. The summed E-state index contributed by atoms with van der Waals surface area (Å²) in [7, 11) is 0. The van der Waals surface area contributed by atoms with Crippen LogP contribution in [0.15, 0.2) is 0 Å². The second-order valence-corrected chi connectivity index (χ2v) is 2.98. The molecule has 0 saturated heterocycles. The van der Waals surface area contributed by atoms with Crippen molar-refractivity contribution in [2.75, 3.05) is 6.54 Å². The summed E-state index contributed by atoms with van der Waals surface area (Å²) in [6.07, 6.45) is 2.35. The highest BCUT2D eigenvalue weighted by atomic mass is 35.5. The van der Waals surface area contributed by atoms with E-state index >= 15 is 0 Å². The van der Waals surface area contributed by atoms with Crippen LogP contribution in [0.5, 0.6) is 0 Å². The molecule has 0 rings (SSSR count). The highest BCUT2D eigenvalue weighted by molar-refractivity contribution is 6.63. The van der Waals surface area contributed by atoms with Gasteiger partial charge in [0.1, 0.15) is 0 Å². The molecule has 0 unspecified atom stereocenters. The summed E-state index contributed by atoms with van der Waals surface area (Å²) in [5.74, 6) is 0.0412. The minimum atomic E-state index is -0.347. The van der Waals surface area contributed by atoms with Gasteiger partial charge in [0.05, 0.1) is 0 Å². The number of rotatable bonds is 6. The van der Waals surface area contributed by atoms with Gasteiger partial charge in [-0.15, -0.1) is 0 Å². The fourth-order valence-corrected chi connectivity index (χ4v) is 0.904. The number of hydrogen-bond acceptors (Lipinski definition) is 2. The second-order valence-electron chi connectivity index (χ2n) is 2.56. The van der Waals surface area contributed by atoms with Crippen molar-refractivity contribution in [2.45, 2.75) is 32.6 Å². The topological polar surface area (TPSA) is 46.2 Å². The van der Waals surface area contributed by atoms with E-state index in [-0.39, 0.29) is 11.1 Å². The van der Waals surface area contributed by atoms with Crippen LogP contribution in [0.1, 0.15) is 32.6 Å². The summed E-state index contributed by atoms with van der Waals surface area (Å²) in [6.45, 7) is 2.49. The summed E-state index contributed by atoms with van der Waals surface area (Å²) >= 11 is 5.10. The third-order valence-electron chi connectivity index (χ3n) is 1.35. The van der Waals surface area contributed by atoms with Gasteiger partial charge in [-0.1, -0.05) is 6.92 Å². The number of nitrogens with one attached hydrogen (secondary N) is 1. The molecule has 0 aliphatic carbocycles. The van der Waals surface area contributed by atoms with Gasteiger partial charge in [0, 0.05) is 19.4 Å². The minimum Gasteiger partial charge on any atom is -0.356 e. The molecule has 0 spiro atoms. The average molecular weight is 192 g/mol. The molecule has 0 atom stereocenters. The van der Waals surface area contributed by atoms with E-state index in [1.807, 2.05) is 6.92 Å². The molecule has 70 valence electrons. The number of carbonyl (C=O) groups is 2. The Morgan fingerprint density at radius 3 is 2.50 bits per heavy atom. The Morgan fingerprint density at radius 1 is 1.33 bits per heavy atom. The van der Waals surface area contributed by atoms with E-state index in [0.29, 0.717) is 25.8 Å². The lowest BCUT2D eigenvalue weighted by Crippen LogP contribution is -2.23. The van der Waals surface area contributed by atoms with Gasteiger partial charge in [0.25, 0.3) is 0 Å². The summed E-state index contributed by atoms with van der Waals surface area (Å²) in [4.78, 5) is 21.1. The monoisotopic (exact) mass is 191 g/mol. The molecule has 0 aromatic heterocycles. The van der Waals surface area contributed by atoms with Gasteiger partial charge in [-0.05, 0) is 24.4 Å². The van der Waals surface area contributed by atoms with Crippen LogP contribution in [0.2, 0.25) is 0 Å². The molecule has 0 aliphatic rings. The van der Waals surface area contributed by atoms with E-state index in [1.165, 1.54) is 0 Å². The van der Waals surface area contributed by atoms with Crippen LogP contribution in [0.25, 0.3) is 0 Å². The summed E-state index contributed by atoms with van der Waals surface area (Å²) in [5, 5.41) is 2.34. The second kappa shape index (κ2) is 7.10. The van der Waals surface area contributed by atoms with Gasteiger partial charge in [-0.3, -0.25) is 9.59 Å². The first-order chi connectivity index (χ1) is 5.66. The average Bonchev–Trinajstić information content (AvgIpc) is 1.98. The third-order valence-corrected chi connectivity index (χ3v) is 1.54. The number of amides is 1. The van der Waals surface area contributed by atoms with Gasteiger partial charge in [0.15, 0.2) is 0 Å². The van der Waals surface area contributed by atoms with Crippen molar-refractivity contribution in [3.63, 3.8) is 0 Å². The number of halogens is 1. The van der Waals surface area contributed by atoms with E-state index in [0.717, 1.165) is 6.42 Å². The van der Waals surface area contributed by atoms with Crippen LogP contribution in [-0.2, 0) is 9.59 Å². The van der Waals surface area contributed by atoms with Crippen LogP contribution < -0.4 is 5.32 Å². The van der Waals surface area contributed by atoms with Crippen molar-refractivity contribution >= 4 is 22.8 Å². The highest BCUT2D eigenvalue weighted by Gasteiger charge is 1.99. The molecule has 0 saturated carbocycles. The van der Waals surface area contributed by atoms with Crippen LogP contribution in [-0.4, -0.2) is 17.7 Å². The third kappa shape index (κ3) is 7.54. The van der Waals surface area contributed by atoms with Crippen molar-refractivity contribution in [3.05, 3.63) is 0 Å². The Labute approximate surface area is 77.5 Å². The van der Waals surface area contributed by atoms with Crippen molar-refractivity contribution in [3.8, 4) is 0 Å². The quantitative estimate of drug-likeness (QED) is 0.510. The number of hydrogen-bond donors (Lipinski definition) is 1. The molecule has 0 radical (unpaired) electrons. The molecule has 0 aromatic carbocycles. The van der Waals surface area contributed by atoms with E-state index in [1.54, 1.807) is 0 Å². The molecule has 4 heteroatoms. The van der Waals surface area contributed by atoms with Crippen LogP contribution in [0, 0.1) is 0 Å². The maximum atomic E-state index is 10.9. The fraction of sp³-hybridized carbons (Fsp3) is 0.750. The van der Waals surface area contributed by atoms with Gasteiger partial charge in [-0.25, -0.2) is 0 Å². The predicted molar refractivity (Wildman–Crippen MR) is 48.0 cm³/mol. The zero-order valence-corrected chi connectivity index (χ0v) is 7.99. The van der Waals surface area contributed by atoms with Crippen molar-refractivity contribution in [1.29, 1.82) is 0 Å². The lowest BCUT2D eigenvalue weighted by atomic mass is 10.3. The normalized spacial score (nSPS) is 9.50. The molecule has 0 aromatic rings. The number of carbonyl (C=O) groups excluding carboxylic acids is 2. The molecular formula is C8H14ClNO2. The lowest BCUT2D eigenvalue weighted by Gasteiger charge is -2.01. The fourth-order valence-electron chi connectivity index (χ4n) is 0.771. The zero-order valence-electron chi connectivity index (χ0n) is 7.23. The first-order valence-corrected chi connectivity index (χ1v) is 4.49. The Balaban J connectivity index is 3.19. The van der Waals surface area contributed by atoms with Gasteiger partial charge >= 0.3 is 0 Å². The lowest BCUT2D eigenvalue weighted by molar-refractivity contribution is -0.121. The molecule has 3 nitrogen and oxygen atoms in total. The van der Waals surface area contributed by atoms with Gasteiger partial charge < -0.3 is 5.32 Å². The molecule has 0 aliphatic heterocycles. The summed E-state index contributed by atoms with van der Waals surface area (Å²) in [6, 6.07) is 0. The van der Waals surface area contributed by atoms with Crippen LogP contribution in [0.4, 0.5) is 0 Å². The van der Waals surface area contributed by atoms with Crippen molar-refractivity contribution in [1.82, 2.24) is 5.32 Å². The standard InChI is InChI=1S/C8H14ClNO2/c1-2-4-8(12)10-6-3-5-7(9)11/h2-6H2,1H3,(H,10,12). The van der Waals surface area contributed by atoms with Gasteiger partial charge in [-0.2, -0.15) is 0 Å². The van der Waals surface area contributed by atoms with Crippen LogP contribution in [0.3, 0.4) is 0 Å². The van der Waals surface area contributed by atoms with Crippen molar-refractivity contribution < 1.29 is 9.59 Å². The maximum absolute atomic E-state index is 10.9. The maximum Gasteiger partial charge on any atom is 0.221 e. The molecule has 1 N–H and O–H groups in total. The Morgan fingerprint density at radius 2 is 2.00 bits per heavy atom. The highest BCUT2D eigenvalue weighted by Crippen LogP contribution is 1.93. The summed E-state index contributed by atoms with van der Waals surface area (Å²) in [5.41, 5.74) is 0. The molecule has 12 heavy (non-hydrogen) atoms. The van der Waals surface area contributed by atoms with E-state index in [9.17, 15) is 9.59 Å². The smallest absolute Gasteiger partial charge is 0.221 e. The molecule has 0 bridgehead atoms. The molecular weight excluding hydrogens is 178 g/mol. The van der Waals surface area contributed by atoms with E-state index in [2.05, 4.69) is 5.32 Å². The molecule has 0 fully saturated rings. The molecule has 0 heterocycles. The summed E-state index contributed by atoms with van der Waals surface area (Å²) < 4.78 is 0. The Hall–Kier alpha value is -0.570. The van der Waals surface area contributed by atoms with E-state index in [4.69, 9.17) is 11.6 Å². The van der Waals surface area contributed by atoms with Gasteiger partial charge in [0.2, 0.25) is 11.1 Å². The predicted octanol–water partition coefficient (Wildman–Crippen LogP) is 1.45. The van der Waals surface area contributed by atoms with Crippen LogP contribution >= 0.6 is 11.6 Å². The Bertz CT molecular complexity index is 159.